The van der Waals surface area contributed by atoms with Gasteiger partial charge in [0.1, 0.15) is 5.76 Å². The van der Waals surface area contributed by atoms with Gasteiger partial charge in [-0.05, 0) is 23.8 Å². The largest absolute Gasteiger partial charge is 0.458 e. The van der Waals surface area contributed by atoms with Gasteiger partial charge in [0, 0.05) is 11.1 Å². The Hall–Kier alpha value is -0.640. The van der Waals surface area contributed by atoms with E-state index in [1.807, 2.05) is 36.0 Å². The SMILES string of the molecule is CC(C)CSCC(N)c1cc2cccc(Cl)c2o1. The van der Waals surface area contributed by atoms with Gasteiger partial charge in [0.05, 0.1) is 11.1 Å². The van der Waals surface area contributed by atoms with Crippen molar-refractivity contribution in [1.29, 1.82) is 0 Å². The topological polar surface area (TPSA) is 39.2 Å². The van der Waals surface area contributed by atoms with Crippen LogP contribution < -0.4 is 5.73 Å². The molecule has 18 heavy (non-hydrogen) atoms. The molecule has 1 aromatic carbocycles. The first-order chi connectivity index (χ1) is 8.58. The first-order valence-corrected chi connectivity index (χ1v) is 7.62. The number of hydrogen-bond acceptors (Lipinski definition) is 3. The summed E-state index contributed by atoms with van der Waals surface area (Å²) in [6, 6.07) is 7.65. The lowest BCUT2D eigenvalue weighted by atomic mass is 10.2. The van der Waals surface area contributed by atoms with E-state index in [2.05, 4.69) is 13.8 Å². The highest BCUT2D eigenvalue weighted by molar-refractivity contribution is 7.99. The summed E-state index contributed by atoms with van der Waals surface area (Å²) in [5.41, 5.74) is 6.87. The van der Waals surface area contributed by atoms with E-state index in [9.17, 15) is 0 Å². The Morgan fingerprint density at radius 1 is 1.33 bits per heavy atom. The van der Waals surface area contributed by atoms with Gasteiger partial charge >= 0.3 is 0 Å². The molecule has 1 heterocycles. The highest BCUT2D eigenvalue weighted by atomic mass is 35.5. The Bertz CT molecular complexity index is 523. The minimum atomic E-state index is -0.0720. The third kappa shape index (κ3) is 3.22. The number of nitrogens with two attached hydrogens (primary N) is 1. The molecular formula is C14H18ClNOS. The summed E-state index contributed by atoms with van der Waals surface area (Å²) in [4.78, 5) is 0. The van der Waals surface area contributed by atoms with Gasteiger partial charge < -0.3 is 10.2 Å². The minimum Gasteiger partial charge on any atom is -0.458 e. The van der Waals surface area contributed by atoms with Gasteiger partial charge in [-0.1, -0.05) is 37.6 Å². The molecule has 0 fully saturated rings. The van der Waals surface area contributed by atoms with Gasteiger partial charge in [-0.2, -0.15) is 11.8 Å². The number of benzene rings is 1. The van der Waals surface area contributed by atoms with Gasteiger partial charge in [-0.15, -0.1) is 0 Å². The van der Waals surface area contributed by atoms with Crippen LogP contribution in [0.2, 0.25) is 5.02 Å². The molecule has 2 nitrogen and oxygen atoms in total. The van der Waals surface area contributed by atoms with Crippen molar-refractivity contribution in [3.63, 3.8) is 0 Å². The zero-order valence-electron chi connectivity index (χ0n) is 10.7. The lowest BCUT2D eigenvalue weighted by Gasteiger charge is -2.09. The normalized spacial score (nSPS) is 13.4. The van der Waals surface area contributed by atoms with Crippen LogP contribution in [0.1, 0.15) is 25.6 Å². The molecule has 0 aliphatic heterocycles. The number of furan rings is 1. The van der Waals surface area contributed by atoms with Crippen molar-refractivity contribution in [2.45, 2.75) is 19.9 Å². The van der Waals surface area contributed by atoms with Crippen molar-refractivity contribution in [3.05, 3.63) is 35.0 Å². The molecule has 0 saturated carbocycles. The molecule has 0 aliphatic carbocycles. The number of rotatable bonds is 5. The lowest BCUT2D eigenvalue weighted by molar-refractivity contribution is 0.516. The molecular weight excluding hydrogens is 266 g/mol. The number of thioether (sulfide) groups is 1. The average molecular weight is 284 g/mol. The Morgan fingerprint density at radius 3 is 2.78 bits per heavy atom. The summed E-state index contributed by atoms with van der Waals surface area (Å²) in [5.74, 6) is 3.49. The molecule has 0 radical (unpaired) electrons. The maximum Gasteiger partial charge on any atom is 0.152 e. The van der Waals surface area contributed by atoms with Crippen molar-refractivity contribution < 1.29 is 4.42 Å². The molecule has 0 saturated heterocycles. The molecule has 1 aromatic heterocycles. The summed E-state index contributed by atoms with van der Waals surface area (Å²) >= 11 is 7.94. The van der Waals surface area contributed by atoms with Crippen molar-refractivity contribution >= 4 is 34.3 Å². The van der Waals surface area contributed by atoms with Crippen molar-refractivity contribution in [3.8, 4) is 0 Å². The van der Waals surface area contributed by atoms with Crippen LogP contribution in [-0.4, -0.2) is 11.5 Å². The van der Waals surface area contributed by atoms with E-state index in [0.717, 1.165) is 28.2 Å². The minimum absolute atomic E-state index is 0.0720. The van der Waals surface area contributed by atoms with Crippen LogP contribution in [0.5, 0.6) is 0 Å². The molecule has 0 aliphatic rings. The fourth-order valence-electron chi connectivity index (χ4n) is 1.74. The first kappa shape index (κ1) is 13.8. The molecule has 2 aromatic rings. The molecule has 4 heteroatoms. The van der Waals surface area contributed by atoms with E-state index >= 15 is 0 Å². The van der Waals surface area contributed by atoms with E-state index in [1.165, 1.54) is 0 Å². The lowest BCUT2D eigenvalue weighted by Crippen LogP contribution is -2.12. The predicted octanol–water partition coefficient (Wildman–Crippen LogP) is 4.48. The third-order valence-corrected chi connectivity index (χ3v) is 4.42. The molecule has 1 atom stereocenters. The highest BCUT2D eigenvalue weighted by Gasteiger charge is 2.13. The van der Waals surface area contributed by atoms with E-state index in [4.69, 9.17) is 21.8 Å². The van der Waals surface area contributed by atoms with Gasteiger partial charge in [0.25, 0.3) is 0 Å². The quantitative estimate of drug-likeness (QED) is 0.879. The van der Waals surface area contributed by atoms with Crippen LogP contribution in [0, 0.1) is 5.92 Å². The molecule has 1 unspecified atom stereocenters. The standard InChI is InChI=1S/C14H18ClNOS/c1-9(2)7-18-8-12(16)13-6-10-4-3-5-11(15)14(10)17-13/h3-6,9,12H,7-8,16H2,1-2H3. The van der Waals surface area contributed by atoms with Gasteiger partial charge in [0.2, 0.25) is 0 Å². The molecule has 2 N–H and O–H groups in total. The summed E-state index contributed by atoms with van der Waals surface area (Å²) in [7, 11) is 0. The van der Waals surface area contributed by atoms with E-state index in [1.54, 1.807) is 0 Å². The monoisotopic (exact) mass is 283 g/mol. The molecule has 98 valence electrons. The summed E-state index contributed by atoms with van der Waals surface area (Å²) in [6.07, 6.45) is 0. The smallest absolute Gasteiger partial charge is 0.152 e. The Labute approximate surface area is 117 Å². The van der Waals surface area contributed by atoms with Crippen LogP contribution in [0.3, 0.4) is 0 Å². The zero-order valence-corrected chi connectivity index (χ0v) is 12.2. The van der Waals surface area contributed by atoms with Crippen LogP contribution >= 0.6 is 23.4 Å². The average Bonchev–Trinajstić information content (AvgIpc) is 2.74. The third-order valence-electron chi connectivity index (χ3n) is 2.63. The number of fused-ring (bicyclic) bond motifs is 1. The predicted molar refractivity (Wildman–Crippen MR) is 80.3 cm³/mol. The Kier molecular flexibility index (Phi) is 4.60. The van der Waals surface area contributed by atoms with Gasteiger partial charge in [-0.25, -0.2) is 0 Å². The number of para-hydroxylation sites is 1. The fraction of sp³-hybridized carbons (Fsp3) is 0.429. The van der Waals surface area contributed by atoms with Crippen LogP contribution in [0.4, 0.5) is 0 Å². The Morgan fingerprint density at radius 2 is 2.11 bits per heavy atom. The fourth-order valence-corrected chi connectivity index (χ4v) is 2.99. The first-order valence-electron chi connectivity index (χ1n) is 6.09. The van der Waals surface area contributed by atoms with E-state index < -0.39 is 0 Å². The Balaban J connectivity index is 2.08. The summed E-state index contributed by atoms with van der Waals surface area (Å²) < 4.78 is 5.75. The summed E-state index contributed by atoms with van der Waals surface area (Å²) in [6.45, 7) is 4.42. The number of hydrogen-bond donors (Lipinski definition) is 1. The summed E-state index contributed by atoms with van der Waals surface area (Å²) in [5, 5.41) is 1.66. The van der Waals surface area contributed by atoms with Crippen molar-refractivity contribution in [2.75, 3.05) is 11.5 Å². The molecule has 2 rings (SSSR count). The second kappa shape index (κ2) is 6.00. The van der Waals surface area contributed by atoms with Crippen molar-refractivity contribution in [1.82, 2.24) is 0 Å². The maximum atomic E-state index is 6.14. The second-order valence-corrected chi connectivity index (χ2v) is 6.33. The maximum absolute atomic E-state index is 6.14. The zero-order chi connectivity index (χ0) is 13.1. The highest BCUT2D eigenvalue weighted by Crippen LogP contribution is 2.29. The van der Waals surface area contributed by atoms with Crippen LogP contribution in [0.15, 0.2) is 28.7 Å². The van der Waals surface area contributed by atoms with E-state index in [0.29, 0.717) is 10.9 Å². The van der Waals surface area contributed by atoms with Crippen molar-refractivity contribution in [2.24, 2.45) is 11.7 Å². The van der Waals surface area contributed by atoms with Gasteiger partial charge in [-0.3, -0.25) is 0 Å². The number of halogens is 1. The van der Waals surface area contributed by atoms with Crippen LogP contribution in [-0.2, 0) is 0 Å². The molecule has 0 spiro atoms. The second-order valence-electron chi connectivity index (χ2n) is 4.84. The van der Waals surface area contributed by atoms with Gasteiger partial charge in [0.15, 0.2) is 5.58 Å². The van der Waals surface area contributed by atoms with E-state index in [-0.39, 0.29) is 6.04 Å². The molecule has 0 bridgehead atoms. The molecule has 0 amide bonds. The van der Waals surface area contributed by atoms with Crippen LogP contribution in [0.25, 0.3) is 11.0 Å².